The highest BCUT2D eigenvalue weighted by atomic mass is 16.3. The molecule has 2 aliphatic rings. The zero-order valence-electron chi connectivity index (χ0n) is 71.2. The summed E-state index contributed by atoms with van der Waals surface area (Å²) in [6.45, 7) is 27.0. The van der Waals surface area contributed by atoms with Crippen LogP contribution in [0.4, 0.5) is 34.1 Å². The van der Waals surface area contributed by atoms with Gasteiger partial charge in [-0.2, -0.15) is 0 Å². The first-order valence-electron chi connectivity index (χ1n) is 41.0. The summed E-state index contributed by atoms with van der Waals surface area (Å²) in [5.41, 5.74) is 19.2. The molecule has 100 heavy (non-hydrogen) atoms. The summed E-state index contributed by atoms with van der Waals surface area (Å²) in [5, 5.41) is 3.44. The third-order valence-corrected chi connectivity index (χ3v) is 20.8. The molecule has 0 radical (unpaired) electrons. The van der Waals surface area contributed by atoms with Gasteiger partial charge in [0.2, 0.25) is 0 Å². The molecule has 18 rings (SSSR count). The zero-order chi connectivity index (χ0) is 79.8. The maximum atomic E-state index is 9.60. The first-order chi connectivity index (χ1) is 53.5. The molecule has 16 aromatic rings. The van der Waals surface area contributed by atoms with E-state index in [1.165, 1.54) is 15.7 Å². The van der Waals surface area contributed by atoms with E-state index in [0.717, 1.165) is 100 Å². The van der Waals surface area contributed by atoms with Crippen LogP contribution in [-0.2, 0) is 21.7 Å². The van der Waals surface area contributed by atoms with E-state index in [2.05, 4.69) is 237 Å². The van der Waals surface area contributed by atoms with E-state index < -0.39 is 77.8 Å². The van der Waals surface area contributed by atoms with Crippen molar-refractivity contribution < 1.29 is 22.2 Å². The molecule has 0 fully saturated rings. The molecule has 0 saturated heterocycles. The van der Waals surface area contributed by atoms with Crippen molar-refractivity contribution in [3.05, 3.63) is 312 Å². The summed E-state index contributed by atoms with van der Waals surface area (Å²) < 4.78 is 131. The molecule has 13 aromatic carbocycles. The van der Waals surface area contributed by atoms with E-state index >= 15 is 0 Å². The van der Waals surface area contributed by atoms with Gasteiger partial charge < -0.3 is 23.4 Å². The Morgan fingerprint density at radius 1 is 0.310 bits per heavy atom. The topological polar surface area (TPSA) is 29.5 Å². The Morgan fingerprint density at radius 2 is 0.820 bits per heavy atom. The van der Waals surface area contributed by atoms with Crippen LogP contribution >= 0.6 is 0 Å². The van der Waals surface area contributed by atoms with Crippen LogP contribution in [0.1, 0.15) is 146 Å². The lowest BCUT2D eigenvalue weighted by atomic mass is 9.73. The number of rotatable bonds is 7. The lowest BCUT2D eigenvalue weighted by molar-refractivity contribution is 0.589. The number of hydrogen-bond donors (Lipinski definition) is 0. The third-order valence-electron chi connectivity index (χ3n) is 20.8. The molecule has 2 aliphatic heterocycles. The van der Waals surface area contributed by atoms with Crippen LogP contribution in [0.2, 0.25) is 0 Å². The second-order valence-corrected chi connectivity index (χ2v) is 31.2. The highest BCUT2D eigenvalue weighted by Gasteiger charge is 2.44. The molecule has 5 heterocycles. The number of hydrogen-bond acceptors (Lipinski definition) is 3. The SMILES string of the molecule is [2H]c1c([2H])c([2H])c(-c2ccc3c(c2)C2c4ccc(-n5c6ccc(C(C)(C)C)cc6c6cc(C(C)(C)C)ccc65)cc4N(c4c(-c5ccccc5)cc(C(C)(C)C)cc4-c4ccccc4)c4cc(C(C)(C)C)cc(c42)N3c2cccc3c2oc2c(-n4c5c([2H])c([2H])c([2H])c([2H])c5c5c([2H])c([2H])c([2H])c([2H])c54)cccc23)c([2H])c1[2H]. The fraction of sp³-hybridized carbons (Fsp3) is 0.179. The Bertz CT molecular complexity index is 6610. The van der Waals surface area contributed by atoms with Gasteiger partial charge >= 0.3 is 0 Å². The van der Waals surface area contributed by atoms with Crippen LogP contribution < -0.4 is 9.80 Å². The quantitative estimate of drug-likeness (QED) is 0.159. The summed E-state index contributed by atoms with van der Waals surface area (Å²) in [4.78, 5) is 4.74. The molecule has 0 bridgehead atoms. The van der Waals surface area contributed by atoms with Crippen LogP contribution in [0.25, 0.3) is 110 Å². The zero-order valence-corrected chi connectivity index (χ0v) is 58.2. The Kier molecular flexibility index (Phi) is 10.8. The van der Waals surface area contributed by atoms with Gasteiger partial charge in [-0.25, -0.2) is 0 Å². The summed E-state index contributed by atoms with van der Waals surface area (Å²) in [6, 6.07) is 62.6. The first kappa shape index (κ1) is 48.6. The smallest absolute Gasteiger partial charge is 0.159 e. The van der Waals surface area contributed by atoms with E-state index in [-0.39, 0.29) is 67.0 Å². The molecule has 0 spiro atoms. The standard InChI is InChI=1S/C95H82N4O/c1-92(2,3)62-43-48-79-74(51-62)75-52-63(93(4,5)6)44-49-80(75)96(79)66-45-46-71-84(57-66)99(89-72(59-30-18-14-19-31-59)53-64(94(7,8)9)54-73(89)60-32-20-15-21-33-60)86-56-65(95(10,11)12)55-85-88(86)87(71)76-50-61(58-28-16-13-17-29-58)42-47-81(76)98(85)83-41-27-37-70-69-36-26-40-82(90(69)100-91(70)83)97-77-38-24-22-34-67(77)68-35-23-25-39-78(68)97/h13-57,87H,1-12H3/i13D,16D,17D,22D,23D,24D,25D,28D,29D,34D,35D,38D,39D. The summed E-state index contributed by atoms with van der Waals surface area (Å²) in [5.74, 6) is -0.627. The molecule has 1 unspecified atom stereocenters. The average molecular weight is 1310 g/mol. The van der Waals surface area contributed by atoms with Crippen molar-refractivity contribution in [3.63, 3.8) is 0 Å². The van der Waals surface area contributed by atoms with E-state index in [9.17, 15) is 8.22 Å². The molecular formula is C95H82N4O. The van der Waals surface area contributed by atoms with Crippen molar-refractivity contribution in [2.24, 2.45) is 0 Å². The van der Waals surface area contributed by atoms with Crippen molar-refractivity contribution in [2.75, 3.05) is 9.80 Å². The Morgan fingerprint density at radius 3 is 1.38 bits per heavy atom. The van der Waals surface area contributed by atoms with Gasteiger partial charge in [0.15, 0.2) is 11.2 Å². The van der Waals surface area contributed by atoms with E-state index in [4.69, 9.17) is 14.0 Å². The van der Waals surface area contributed by atoms with Crippen molar-refractivity contribution in [2.45, 2.75) is 111 Å². The van der Waals surface area contributed by atoms with Crippen molar-refractivity contribution in [1.29, 1.82) is 0 Å². The number of para-hydroxylation sites is 4. The molecule has 0 aliphatic carbocycles. The lowest BCUT2D eigenvalue weighted by Gasteiger charge is -2.47. The molecular weight excluding hydrogens is 1210 g/mol. The van der Waals surface area contributed by atoms with Gasteiger partial charge in [0, 0.05) is 60.6 Å². The van der Waals surface area contributed by atoms with Gasteiger partial charge in [-0.05, 0) is 174 Å². The molecule has 488 valence electrons. The summed E-state index contributed by atoms with van der Waals surface area (Å²) in [7, 11) is 0. The molecule has 5 nitrogen and oxygen atoms in total. The van der Waals surface area contributed by atoms with Gasteiger partial charge in [0.1, 0.15) is 0 Å². The second kappa shape index (κ2) is 22.2. The Labute approximate surface area is 605 Å². The highest BCUT2D eigenvalue weighted by Crippen LogP contribution is 2.64. The van der Waals surface area contributed by atoms with Gasteiger partial charge in [-0.1, -0.05) is 259 Å². The normalized spacial score (nSPS) is 15.9. The van der Waals surface area contributed by atoms with Gasteiger partial charge in [0.05, 0.1) is 79.7 Å². The number of anilines is 6. The first-order valence-corrected chi connectivity index (χ1v) is 34.5. The number of furan rings is 1. The monoisotopic (exact) mass is 1310 g/mol. The van der Waals surface area contributed by atoms with Crippen LogP contribution in [0.3, 0.4) is 0 Å². The number of benzene rings is 13. The van der Waals surface area contributed by atoms with E-state index in [1.807, 2.05) is 48.5 Å². The van der Waals surface area contributed by atoms with Crippen LogP contribution in [0, 0.1) is 0 Å². The number of nitrogens with zero attached hydrogens (tertiary/aromatic N) is 4. The molecule has 0 saturated carbocycles. The van der Waals surface area contributed by atoms with Gasteiger partial charge in [-0.15, -0.1) is 0 Å². The Balaban J connectivity index is 1.00. The maximum Gasteiger partial charge on any atom is 0.159 e. The second-order valence-electron chi connectivity index (χ2n) is 31.2. The predicted octanol–water partition coefficient (Wildman–Crippen LogP) is 26.7. The van der Waals surface area contributed by atoms with Gasteiger partial charge in [0.25, 0.3) is 0 Å². The number of fused-ring (bicyclic) bond motifs is 13. The van der Waals surface area contributed by atoms with Gasteiger partial charge in [-0.3, -0.25) is 0 Å². The maximum absolute atomic E-state index is 9.60. The van der Waals surface area contributed by atoms with Crippen LogP contribution in [-0.4, -0.2) is 9.13 Å². The van der Waals surface area contributed by atoms with Crippen molar-refractivity contribution in [3.8, 4) is 44.8 Å². The molecule has 0 amide bonds. The molecule has 0 N–H and O–H groups in total. The minimum absolute atomic E-state index is 0.0435. The molecule has 1 atom stereocenters. The molecule has 5 heteroatoms. The number of aromatic nitrogens is 2. The van der Waals surface area contributed by atoms with E-state index in [1.54, 1.807) is 6.07 Å². The minimum Gasteiger partial charge on any atom is -0.452 e. The summed E-state index contributed by atoms with van der Waals surface area (Å²) in [6.07, 6.45) is 0. The van der Waals surface area contributed by atoms with E-state index in [0.29, 0.717) is 33.3 Å². The molecule has 3 aromatic heterocycles. The van der Waals surface area contributed by atoms with Crippen molar-refractivity contribution in [1.82, 2.24) is 9.13 Å². The third kappa shape index (κ3) is 9.56. The fourth-order valence-electron chi connectivity index (χ4n) is 15.6. The van der Waals surface area contributed by atoms with Crippen molar-refractivity contribution >= 4 is 99.7 Å². The highest BCUT2D eigenvalue weighted by molar-refractivity contribution is 6.16. The minimum atomic E-state index is -0.627. The Hall–Kier alpha value is -11.1. The fourth-order valence-corrected chi connectivity index (χ4v) is 15.6. The largest absolute Gasteiger partial charge is 0.452 e. The average Bonchev–Trinajstić information content (AvgIpc) is 0.883. The predicted molar refractivity (Wildman–Crippen MR) is 424 cm³/mol. The lowest BCUT2D eigenvalue weighted by Crippen LogP contribution is -2.31. The van der Waals surface area contributed by atoms with Crippen LogP contribution in [0.5, 0.6) is 0 Å². The summed E-state index contributed by atoms with van der Waals surface area (Å²) >= 11 is 0. The van der Waals surface area contributed by atoms with Crippen LogP contribution in [0.15, 0.2) is 277 Å².